The van der Waals surface area contributed by atoms with Gasteiger partial charge in [0.15, 0.2) is 11.5 Å². The fourth-order valence-electron chi connectivity index (χ4n) is 3.70. The molecule has 1 aliphatic heterocycles. The number of aromatic nitrogens is 2. The number of carbonyl (C=O) groups excluding carboxylic acids is 1. The first-order valence-electron chi connectivity index (χ1n) is 10.3. The van der Waals surface area contributed by atoms with Gasteiger partial charge in [-0.2, -0.15) is 0 Å². The molecule has 2 aromatic heterocycles. The number of fused-ring (bicyclic) bond motifs is 2. The van der Waals surface area contributed by atoms with Crippen LogP contribution in [0.2, 0.25) is 0 Å². The smallest absolute Gasteiger partial charge is 0.262 e. The molecule has 0 radical (unpaired) electrons. The van der Waals surface area contributed by atoms with E-state index in [1.807, 2.05) is 61.5 Å². The van der Waals surface area contributed by atoms with E-state index in [0.717, 1.165) is 16.0 Å². The van der Waals surface area contributed by atoms with Crippen LogP contribution in [0, 0.1) is 0 Å². The van der Waals surface area contributed by atoms with Crippen molar-refractivity contribution < 1.29 is 14.3 Å². The van der Waals surface area contributed by atoms with E-state index in [2.05, 4.69) is 4.98 Å². The molecule has 0 saturated carbocycles. The van der Waals surface area contributed by atoms with Gasteiger partial charge in [-0.25, -0.2) is 4.98 Å². The third-order valence-corrected chi connectivity index (χ3v) is 6.52. The van der Waals surface area contributed by atoms with Crippen LogP contribution in [0.25, 0.3) is 20.7 Å². The fourth-order valence-corrected chi connectivity index (χ4v) is 4.69. The molecule has 3 heterocycles. The van der Waals surface area contributed by atoms with Crippen LogP contribution in [0.4, 0.5) is 0 Å². The van der Waals surface area contributed by atoms with Crippen molar-refractivity contribution in [2.24, 2.45) is 0 Å². The SMILES string of the molecule is CCN(Cc1ccc2c(c1)OCO2)C(=O)Cn1cnc2sc(-c3ccccc3)cc2c1=O. The number of rotatable bonds is 6. The summed E-state index contributed by atoms with van der Waals surface area (Å²) < 4.78 is 12.1. The number of amides is 1. The number of hydrogen-bond acceptors (Lipinski definition) is 6. The first-order valence-corrected chi connectivity index (χ1v) is 11.1. The van der Waals surface area contributed by atoms with E-state index in [0.29, 0.717) is 34.8 Å². The number of thiophene rings is 1. The number of hydrogen-bond donors (Lipinski definition) is 0. The second-order valence-corrected chi connectivity index (χ2v) is 8.50. The third-order valence-electron chi connectivity index (χ3n) is 5.43. The van der Waals surface area contributed by atoms with Crippen LogP contribution in [-0.4, -0.2) is 33.7 Å². The van der Waals surface area contributed by atoms with Crippen LogP contribution >= 0.6 is 11.3 Å². The summed E-state index contributed by atoms with van der Waals surface area (Å²) in [4.78, 5) is 33.8. The van der Waals surface area contributed by atoms with Crippen molar-refractivity contribution in [3.05, 3.63) is 76.8 Å². The molecule has 0 bridgehead atoms. The van der Waals surface area contributed by atoms with Gasteiger partial charge >= 0.3 is 0 Å². The number of benzene rings is 2. The van der Waals surface area contributed by atoms with Gasteiger partial charge < -0.3 is 14.4 Å². The van der Waals surface area contributed by atoms with Crippen molar-refractivity contribution in [2.75, 3.05) is 13.3 Å². The number of likely N-dealkylation sites (N-methyl/N-ethyl adjacent to an activating group) is 1. The quantitative estimate of drug-likeness (QED) is 0.448. The molecule has 1 aliphatic rings. The Labute approximate surface area is 188 Å². The van der Waals surface area contributed by atoms with Crippen LogP contribution in [0.3, 0.4) is 0 Å². The molecular weight excluding hydrogens is 426 g/mol. The lowest BCUT2D eigenvalue weighted by Crippen LogP contribution is -2.36. The van der Waals surface area contributed by atoms with Crippen molar-refractivity contribution in [3.8, 4) is 21.9 Å². The molecule has 0 N–H and O–H groups in total. The molecule has 4 aromatic rings. The molecule has 5 rings (SSSR count). The molecule has 2 aromatic carbocycles. The minimum absolute atomic E-state index is 0.0588. The van der Waals surface area contributed by atoms with Crippen molar-refractivity contribution >= 4 is 27.5 Å². The molecule has 0 atom stereocenters. The molecular formula is C24H21N3O4S. The summed E-state index contributed by atoms with van der Waals surface area (Å²) in [5.74, 6) is 1.25. The molecule has 0 unspecified atom stereocenters. The zero-order valence-electron chi connectivity index (χ0n) is 17.5. The maximum atomic E-state index is 13.0. The normalized spacial score (nSPS) is 12.3. The Kier molecular flexibility index (Phi) is 5.36. The average molecular weight is 448 g/mol. The van der Waals surface area contributed by atoms with Gasteiger partial charge in [0.1, 0.15) is 11.4 Å². The van der Waals surface area contributed by atoms with Crippen LogP contribution in [0.15, 0.2) is 65.7 Å². The summed E-state index contributed by atoms with van der Waals surface area (Å²) >= 11 is 1.47. The second kappa shape index (κ2) is 8.47. The lowest BCUT2D eigenvalue weighted by atomic mass is 10.2. The Morgan fingerprint density at radius 2 is 1.94 bits per heavy atom. The van der Waals surface area contributed by atoms with Crippen LogP contribution in [0.5, 0.6) is 11.5 Å². The minimum atomic E-state index is -0.207. The van der Waals surface area contributed by atoms with E-state index in [-0.39, 0.29) is 24.8 Å². The first-order chi connectivity index (χ1) is 15.6. The summed E-state index contributed by atoms with van der Waals surface area (Å²) in [6, 6.07) is 17.4. The molecule has 7 nitrogen and oxygen atoms in total. The van der Waals surface area contributed by atoms with Gasteiger partial charge in [0.25, 0.3) is 5.56 Å². The Morgan fingerprint density at radius 3 is 2.75 bits per heavy atom. The summed E-state index contributed by atoms with van der Waals surface area (Å²) in [5, 5.41) is 0.531. The van der Waals surface area contributed by atoms with Crippen molar-refractivity contribution in [2.45, 2.75) is 20.0 Å². The van der Waals surface area contributed by atoms with Gasteiger partial charge in [0.05, 0.1) is 11.7 Å². The van der Waals surface area contributed by atoms with Gasteiger partial charge in [-0.3, -0.25) is 14.2 Å². The van der Waals surface area contributed by atoms with E-state index < -0.39 is 0 Å². The lowest BCUT2D eigenvalue weighted by Gasteiger charge is -2.21. The average Bonchev–Trinajstić information content (AvgIpc) is 3.47. The van der Waals surface area contributed by atoms with Crippen LogP contribution < -0.4 is 15.0 Å². The summed E-state index contributed by atoms with van der Waals surface area (Å²) in [6.45, 7) is 3.01. The lowest BCUT2D eigenvalue weighted by molar-refractivity contribution is -0.132. The summed E-state index contributed by atoms with van der Waals surface area (Å²) in [6.07, 6.45) is 1.46. The molecule has 1 amide bonds. The third kappa shape index (κ3) is 3.85. The second-order valence-electron chi connectivity index (χ2n) is 7.47. The predicted molar refractivity (Wildman–Crippen MR) is 123 cm³/mol. The highest BCUT2D eigenvalue weighted by Gasteiger charge is 2.18. The highest BCUT2D eigenvalue weighted by atomic mass is 32.1. The van der Waals surface area contributed by atoms with Gasteiger partial charge in [-0.15, -0.1) is 11.3 Å². The summed E-state index contributed by atoms with van der Waals surface area (Å²) in [5.41, 5.74) is 1.77. The van der Waals surface area contributed by atoms with E-state index in [4.69, 9.17) is 9.47 Å². The molecule has 0 fully saturated rings. The Bertz CT molecular complexity index is 1350. The maximum Gasteiger partial charge on any atom is 0.262 e. The predicted octanol–water partition coefficient (Wildman–Crippen LogP) is 3.90. The Balaban J connectivity index is 1.36. The minimum Gasteiger partial charge on any atom is -0.454 e. The molecule has 0 spiro atoms. The van der Waals surface area contributed by atoms with E-state index in [9.17, 15) is 9.59 Å². The monoisotopic (exact) mass is 447 g/mol. The maximum absolute atomic E-state index is 13.0. The highest BCUT2D eigenvalue weighted by Crippen LogP contribution is 2.33. The van der Waals surface area contributed by atoms with Crippen molar-refractivity contribution in [3.63, 3.8) is 0 Å². The van der Waals surface area contributed by atoms with E-state index in [1.165, 1.54) is 22.2 Å². The molecule has 32 heavy (non-hydrogen) atoms. The van der Waals surface area contributed by atoms with Crippen LogP contribution in [0.1, 0.15) is 12.5 Å². The zero-order chi connectivity index (χ0) is 22.1. The Hall–Kier alpha value is -3.65. The number of nitrogens with zero attached hydrogens (tertiary/aromatic N) is 3. The highest BCUT2D eigenvalue weighted by molar-refractivity contribution is 7.21. The first kappa shape index (κ1) is 20.3. The topological polar surface area (TPSA) is 73.7 Å². The van der Waals surface area contributed by atoms with Gasteiger partial charge in [-0.05, 0) is 36.2 Å². The molecule has 0 aliphatic carbocycles. The number of carbonyl (C=O) groups is 1. The van der Waals surface area contributed by atoms with Crippen molar-refractivity contribution in [1.82, 2.24) is 14.5 Å². The van der Waals surface area contributed by atoms with Gasteiger partial charge in [0.2, 0.25) is 12.7 Å². The molecule has 0 saturated heterocycles. The summed E-state index contributed by atoms with van der Waals surface area (Å²) in [7, 11) is 0. The van der Waals surface area contributed by atoms with Crippen LogP contribution in [-0.2, 0) is 17.9 Å². The van der Waals surface area contributed by atoms with Crippen molar-refractivity contribution in [1.29, 1.82) is 0 Å². The molecule has 8 heteroatoms. The molecule has 162 valence electrons. The van der Waals surface area contributed by atoms with Gasteiger partial charge in [-0.1, -0.05) is 36.4 Å². The zero-order valence-corrected chi connectivity index (χ0v) is 18.3. The Morgan fingerprint density at radius 1 is 1.12 bits per heavy atom. The largest absolute Gasteiger partial charge is 0.454 e. The fraction of sp³-hybridized carbons (Fsp3) is 0.208. The van der Waals surface area contributed by atoms with E-state index >= 15 is 0 Å². The van der Waals surface area contributed by atoms with E-state index in [1.54, 1.807) is 4.90 Å². The standard InChI is InChI=1S/C24H21N3O4S/c1-2-26(12-16-8-9-19-20(10-16)31-15-30-19)22(28)13-27-14-25-23-18(24(27)29)11-21(32-23)17-6-4-3-5-7-17/h3-11,14H,2,12-13,15H2,1H3. The number of ether oxygens (including phenoxy) is 2. The van der Waals surface area contributed by atoms with Gasteiger partial charge in [0, 0.05) is 18.0 Å².